The molecule has 0 radical (unpaired) electrons. The fourth-order valence-electron chi connectivity index (χ4n) is 3.34. The molecule has 0 atom stereocenters. The van der Waals surface area contributed by atoms with Crippen LogP contribution in [0, 0.1) is 5.82 Å². The number of H-pyrrole nitrogens is 1. The molecule has 1 aliphatic rings. The molecule has 4 rings (SSSR count). The summed E-state index contributed by atoms with van der Waals surface area (Å²) < 4.78 is 32.8. The van der Waals surface area contributed by atoms with Gasteiger partial charge in [0.05, 0.1) is 24.0 Å². The van der Waals surface area contributed by atoms with Gasteiger partial charge in [0, 0.05) is 16.5 Å². The van der Waals surface area contributed by atoms with Gasteiger partial charge in [-0.3, -0.25) is 0 Å². The highest BCUT2D eigenvalue weighted by Crippen LogP contribution is 2.37. The summed E-state index contributed by atoms with van der Waals surface area (Å²) in [7, 11) is 1.05. The Kier molecular flexibility index (Phi) is 4.09. The summed E-state index contributed by atoms with van der Waals surface area (Å²) in [4.78, 5) is 3.17. The molecule has 0 amide bonds. The number of methoxy groups -OCH3 is 1. The minimum atomic E-state index is -0.525. The maximum absolute atomic E-state index is 15.2. The maximum Gasteiger partial charge on any atom is 0.494 e. The minimum absolute atomic E-state index is 0.312. The van der Waals surface area contributed by atoms with Crippen LogP contribution in [0.1, 0.15) is 27.7 Å². The van der Waals surface area contributed by atoms with Crippen LogP contribution < -0.4 is 10.2 Å². The lowest BCUT2D eigenvalue weighted by Crippen LogP contribution is -2.41. The van der Waals surface area contributed by atoms with Crippen molar-refractivity contribution < 1.29 is 18.4 Å². The largest absolute Gasteiger partial charge is 0.496 e. The molecule has 0 bridgehead atoms. The summed E-state index contributed by atoms with van der Waals surface area (Å²) in [6, 6.07) is 12.9. The van der Waals surface area contributed by atoms with Gasteiger partial charge < -0.3 is 19.0 Å². The quantitative estimate of drug-likeness (QED) is 0.703. The average Bonchev–Trinajstić information content (AvgIpc) is 3.07. The first-order valence-electron chi connectivity index (χ1n) is 9.04. The number of fused-ring (bicyclic) bond motifs is 1. The van der Waals surface area contributed by atoms with Crippen molar-refractivity contribution in [2.45, 2.75) is 38.9 Å². The highest BCUT2D eigenvalue weighted by molar-refractivity contribution is 6.62. The van der Waals surface area contributed by atoms with E-state index in [1.54, 1.807) is 13.2 Å². The van der Waals surface area contributed by atoms with E-state index in [2.05, 4.69) is 4.98 Å². The monoisotopic (exact) mass is 367 g/mol. The molecule has 1 saturated heterocycles. The van der Waals surface area contributed by atoms with Crippen molar-refractivity contribution in [1.82, 2.24) is 4.98 Å². The minimum Gasteiger partial charge on any atom is -0.496 e. The van der Waals surface area contributed by atoms with E-state index in [0.717, 1.165) is 5.46 Å². The zero-order valence-electron chi connectivity index (χ0n) is 16.2. The van der Waals surface area contributed by atoms with Gasteiger partial charge in [0.15, 0.2) is 5.82 Å². The highest BCUT2D eigenvalue weighted by atomic mass is 19.1. The van der Waals surface area contributed by atoms with E-state index in [0.29, 0.717) is 27.9 Å². The van der Waals surface area contributed by atoms with Crippen molar-refractivity contribution in [3.8, 4) is 17.0 Å². The van der Waals surface area contributed by atoms with E-state index in [9.17, 15) is 0 Å². The van der Waals surface area contributed by atoms with Gasteiger partial charge in [-0.2, -0.15) is 0 Å². The van der Waals surface area contributed by atoms with Crippen molar-refractivity contribution in [1.29, 1.82) is 0 Å². The van der Waals surface area contributed by atoms with Gasteiger partial charge in [-0.1, -0.05) is 24.3 Å². The lowest BCUT2D eigenvalue weighted by Gasteiger charge is -2.32. The molecule has 1 N–H and O–H groups in total. The van der Waals surface area contributed by atoms with Crippen molar-refractivity contribution in [3.63, 3.8) is 0 Å². The summed E-state index contributed by atoms with van der Waals surface area (Å²) >= 11 is 0. The first kappa shape index (κ1) is 18.1. The molecule has 1 fully saturated rings. The smallest absolute Gasteiger partial charge is 0.494 e. The van der Waals surface area contributed by atoms with Crippen LogP contribution in [0.25, 0.3) is 22.2 Å². The van der Waals surface area contributed by atoms with E-state index < -0.39 is 18.3 Å². The lowest BCUT2D eigenvalue weighted by atomic mass is 9.78. The van der Waals surface area contributed by atoms with Gasteiger partial charge in [-0.15, -0.1) is 0 Å². The van der Waals surface area contributed by atoms with Crippen molar-refractivity contribution in [3.05, 3.63) is 48.3 Å². The zero-order valence-corrected chi connectivity index (χ0v) is 16.2. The average molecular weight is 367 g/mol. The van der Waals surface area contributed by atoms with Crippen LogP contribution in [-0.2, 0) is 9.31 Å². The molecular weight excluding hydrogens is 344 g/mol. The Balaban J connectivity index is 1.78. The number of aromatic nitrogens is 1. The van der Waals surface area contributed by atoms with Gasteiger partial charge in [0.1, 0.15) is 5.75 Å². The Morgan fingerprint density at radius 2 is 1.67 bits per heavy atom. The molecule has 0 saturated carbocycles. The number of aromatic amines is 1. The highest BCUT2D eigenvalue weighted by Gasteiger charge is 2.51. The first-order valence-corrected chi connectivity index (χ1v) is 9.04. The summed E-state index contributed by atoms with van der Waals surface area (Å²) in [5, 5.41) is 0.503. The fourth-order valence-corrected chi connectivity index (χ4v) is 3.34. The SMILES string of the molecule is COc1ccccc1-c1[nH]c2ccc(B3OC(C)(C)C(C)(C)O3)cc2c1F. The maximum atomic E-state index is 15.2. The first-order chi connectivity index (χ1) is 12.7. The fraction of sp³-hybridized carbons (Fsp3) is 0.333. The summed E-state index contributed by atoms with van der Waals surface area (Å²) in [5.41, 5.74) is 1.73. The van der Waals surface area contributed by atoms with Crippen LogP contribution in [0.5, 0.6) is 5.75 Å². The second-order valence-electron chi connectivity index (χ2n) is 7.91. The van der Waals surface area contributed by atoms with Gasteiger partial charge in [-0.05, 0) is 51.4 Å². The number of hydrogen-bond acceptors (Lipinski definition) is 3. The van der Waals surface area contributed by atoms with Gasteiger partial charge >= 0.3 is 7.12 Å². The van der Waals surface area contributed by atoms with Crippen molar-refractivity contribution in [2.24, 2.45) is 0 Å². The number of halogens is 1. The molecule has 0 aliphatic carbocycles. The second kappa shape index (κ2) is 6.11. The Morgan fingerprint density at radius 1 is 1.00 bits per heavy atom. The molecule has 4 nitrogen and oxygen atoms in total. The Morgan fingerprint density at radius 3 is 2.33 bits per heavy atom. The van der Waals surface area contributed by atoms with E-state index in [1.807, 2.05) is 64.1 Å². The van der Waals surface area contributed by atoms with Crippen molar-refractivity contribution >= 4 is 23.5 Å². The van der Waals surface area contributed by atoms with Crippen LogP contribution >= 0.6 is 0 Å². The lowest BCUT2D eigenvalue weighted by molar-refractivity contribution is 0.00578. The summed E-state index contributed by atoms with van der Waals surface area (Å²) in [6.45, 7) is 8.01. The summed E-state index contributed by atoms with van der Waals surface area (Å²) in [6.07, 6.45) is 0. The zero-order chi connectivity index (χ0) is 19.4. The Hall–Kier alpha value is -2.31. The third kappa shape index (κ3) is 2.84. The van der Waals surface area contributed by atoms with E-state index in [4.69, 9.17) is 14.0 Å². The van der Waals surface area contributed by atoms with Crippen LogP contribution in [0.15, 0.2) is 42.5 Å². The molecule has 1 aromatic heterocycles. The van der Waals surface area contributed by atoms with Crippen LogP contribution in [0.4, 0.5) is 4.39 Å². The van der Waals surface area contributed by atoms with Gasteiger partial charge in [0.25, 0.3) is 0 Å². The predicted molar refractivity (Wildman–Crippen MR) is 106 cm³/mol. The van der Waals surface area contributed by atoms with E-state index in [1.165, 1.54) is 0 Å². The number of hydrogen-bond donors (Lipinski definition) is 1. The summed E-state index contributed by atoms with van der Waals surface area (Å²) in [5.74, 6) is 0.307. The van der Waals surface area contributed by atoms with Crippen molar-refractivity contribution in [2.75, 3.05) is 7.11 Å². The number of ether oxygens (including phenoxy) is 1. The second-order valence-corrected chi connectivity index (χ2v) is 7.91. The number of rotatable bonds is 3. The third-order valence-electron chi connectivity index (χ3n) is 5.66. The third-order valence-corrected chi connectivity index (χ3v) is 5.66. The standard InChI is InChI=1S/C21H23BFNO3/c1-20(2)21(3,4)27-22(26-20)13-10-11-16-15(12-13)18(23)19(24-16)14-8-6-7-9-17(14)25-5/h6-12,24H,1-5H3. The normalized spacial score (nSPS) is 18.2. The molecule has 0 spiro atoms. The number of benzene rings is 2. The predicted octanol–water partition coefficient (Wildman–Crippen LogP) is 4.28. The van der Waals surface area contributed by atoms with Crippen LogP contribution in [0.2, 0.25) is 0 Å². The number of nitrogens with one attached hydrogen (secondary N) is 1. The topological polar surface area (TPSA) is 43.5 Å². The molecule has 140 valence electrons. The molecule has 0 unspecified atom stereocenters. The molecule has 2 aromatic carbocycles. The van der Waals surface area contributed by atoms with E-state index >= 15 is 4.39 Å². The van der Waals surface area contributed by atoms with Gasteiger partial charge in [-0.25, -0.2) is 4.39 Å². The molecular formula is C21H23BFNO3. The Bertz CT molecular complexity index is 996. The Labute approximate surface area is 158 Å². The number of para-hydroxylation sites is 1. The van der Waals surface area contributed by atoms with Crippen LogP contribution in [0.3, 0.4) is 0 Å². The molecule has 3 aromatic rings. The van der Waals surface area contributed by atoms with Gasteiger partial charge in [0.2, 0.25) is 0 Å². The van der Waals surface area contributed by atoms with E-state index in [-0.39, 0.29) is 5.82 Å². The van der Waals surface area contributed by atoms with Crippen LogP contribution in [-0.4, -0.2) is 30.4 Å². The molecule has 1 aliphatic heterocycles. The molecule has 6 heteroatoms. The molecule has 27 heavy (non-hydrogen) atoms. The molecule has 2 heterocycles.